The Labute approximate surface area is 104 Å². The number of hydrogen-bond acceptors (Lipinski definition) is 4. The number of nitrogens with one attached hydrogen (secondary N) is 1. The van der Waals surface area contributed by atoms with Crippen molar-refractivity contribution in [1.82, 2.24) is 5.32 Å². The van der Waals surface area contributed by atoms with Gasteiger partial charge in [0.25, 0.3) is 0 Å². The van der Waals surface area contributed by atoms with Crippen molar-refractivity contribution in [2.24, 2.45) is 10.7 Å². The Hall–Kier alpha value is -1.58. The van der Waals surface area contributed by atoms with Gasteiger partial charge in [-0.1, -0.05) is 24.0 Å². The van der Waals surface area contributed by atoms with E-state index in [1.165, 1.54) is 11.8 Å². The number of rotatable bonds is 2. The number of nitrogens with two attached hydrogens (primary N) is 1. The molecule has 0 atom stereocenters. The molecule has 0 aliphatic heterocycles. The Morgan fingerprint density at radius 1 is 1.50 bits per heavy atom. The molecule has 0 saturated carbocycles. The maximum absolute atomic E-state index is 8.47. The van der Waals surface area contributed by atoms with Crippen molar-refractivity contribution in [3.63, 3.8) is 0 Å². The van der Waals surface area contributed by atoms with Crippen LogP contribution in [0.15, 0.2) is 29.3 Å². The lowest BCUT2D eigenvalue weighted by atomic mass is 10.2. The van der Waals surface area contributed by atoms with Gasteiger partial charge in [-0.2, -0.15) is 5.26 Å². The quantitative estimate of drug-likeness (QED) is 0.275. The SMILES string of the molecule is CSC(=Nc1ccc(C(N)=S)cc1)NC#N. The van der Waals surface area contributed by atoms with Crippen molar-refractivity contribution in [2.45, 2.75) is 0 Å². The number of nitriles is 1. The van der Waals surface area contributed by atoms with Gasteiger partial charge >= 0.3 is 0 Å². The molecule has 6 heteroatoms. The molecular formula is C10H10N4S2. The molecule has 82 valence electrons. The third-order valence-corrected chi connectivity index (χ3v) is 2.55. The zero-order valence-corrected chi connectivity index (χ0v) is 10.2. The van der Waals surface area contributed by atoms with Crippen molar-refractivity contribution in [1.29, 1.82) is 5.26 Å². The molecule has 1 aromatic carbocycles. The highest BCUT2D eigenvalue weighted by Crippen LogP contribution is 2.14. The number of nitrogens with zero attached hydrogens (tertiary/aromatic N) is 2. The third kappa shape index (κ3) is 3.53. The lowest BCUT2D eigenvalue weighted by Gasteiger charge is -2.01. The first-order valence-corrected chi connectivity index (χ1v) is 5.98. The van der Waals surface area contributed by atoms with E-state index < -0.39 is 0 Å². The first kappa shape index (κ1) is 12.5. The van der Waals surface area contributed by atoms with Crippen LogP contribution in [0.5, 0.6) is 0 Å². The minimum atomic E-state index is 0.357. The Bertz CT molecular complexity index is 445. The summed E-state index contributed by atoms with van der Waals surface area (Å²) in [5.74, 6) is 0. The number of thiocarbonyl (C=S) groups is 1. The first-order valence-electron chi connectivity index (χ1n) is 4.35. The summed E-state index contributed by atoms with van der Waals surface area (Å²) < 4.78 is 0. The second kappa shape index (κ2) is 6.10. The Morgan fingerprint density at radius 3 is 2.56 bits per heavy atom. The highest BCUT2D eigenvalue weighted by Gasteiger charge is 1.98. The van der Waals surface area contributed by atoms with E-state index in [-0.39, 0.29) is 0 Å². The van der Waals surface area contributed by atoms with Crippen LogP contribution < -0.4 is 11.1 Å². The Kier molecular flexibility index (Phi) is 4.76. The molecule has 0 heterocycles. The number of amidine groups is 1. The highest BCUT2D eigenvalue weighted by atomic mass is 32.2. The van der Waals surface area contributed by atoms with Crippen molar-refractivity contribution in [3.8, 4) is 6.19 Å². The molecular weight excluding hydrogens is 240 g/mol. The fourth-order valence-electron chi connectivity index (χ4n) is 0.990. The number of benzene rings is 1. The summed E-state index contributed by atoms with van der Waals surface area (Å²) in [5.41, 5.74) is 7.02. The Balaban J connectivity index is 2.90. The fourth-order valence-corrected chi connectivity index (χ4v) is 1.47. The predicted molar refractivity (Wildman–Crippen MR) is 71.7 cm³/mol. The van der Waals surface area contributed by atoms with Gasteiger partial charge in [0, 0.05) is 5.56 Å². The van der Waals surface area contributed by atoms with Crippen LogP contribution in [0.3, 0.4) is 0 Å². The van der Waals surface area contributed by atoms with E-state index in [2.05, 4.69) is 10.3 Å². The minimum absolute atomic E-state index is 0.357. The lowest BCUT2D eigenvalue weighted by molar-refractivity contribution is 1.28. The largest absolute Gasteiger partial charge is 0.389 e. The molecule has 0 radical (unpaired) electrons. The summed E-state index contributed by atoms with van der Waals surface area (Å²) in [6, 6.07) is 7.19. The van der Waals surface area contributed by atoms with Gasteiger partial charge in [-0.25, -0.2) is 4.99 Å². The maximum Gasteiger partial charge on any atom is 0.183 e. The van der Waals surface area contributed by atoms with E-state index in [0.717, 1.165) is 11.3 Å². The van der Waals surface area contributed by atoms with Gasteiger partial charge in [-0.15, -0.1) is 0 Å². The van der Waals surface area contributed by atoms with E-state index in [0.29, 0.717) is 10.2 Å². The van der Waals surface area contributed by atoms with Crippen LogP contribution in [0.2, 0.25) is 0 Å². The topological polar surface area (TPSA) is 74.2 Å². The minimum Gasteiger partial charge on any atom is -0.389 e. The summed E-state index contributed by atoms with van der Waals surface area (Å²) in [6.45, 7) is 0. The van der Waals surface area contributed by atoms with Crippen LogP contribution >= 0.6 is 24.0 Å². The molecule has 0 aliphatic rings. The molecule has 0 bridgehead atoms. The van der Waals surface area contributed by atoms with Gasteiger partial charge < -0.3 is 5.73 Å². The summed E-state index contributed by atoms with van der Waals surface area (Å²) in [6.07, 6.45) is 3.67. The zero-order chi connectivity index (χ0) is 12.0. The summed E-state index contributed by atoms with van der Waals surface area (Å²) in [4.78, 5) is 4.59. The van der Waals surface area contributed by atoms with E-state index >= 15 is 0 Å². The van der Waals surface area contributed by atoms with Crippen molar-refractivity contribution in [2.75, 3.05) is 6.26 Å². The summed E-state index contributed by atoms with van der Waals surface area (Å²) in [5, 5.41) is 11.5. The molecule has 0 aromatic heterocycles. The predicted octanol–water partition coefficient (Wildman–Crippen LogP) is 1.74. The molecule has 1 rings (SSSR count). The van der Waals surface area contributed by atoms with E-state index in [4.69, 9.17) is 23.2 Å². The molecule has 0 unspecified atom stereocenters. The zero-order valence-electron chi connectivity index (χ0n) is 8.60. The highest BCUT2D eigenvalue weighted by molar-refractivity contribution is 8.13. The van der Waals surface area contributed by atoms with Crippen LogP contribution in [0, 0.1) is 11.5 Å². The van der Waals surface area contributed by atoms with Crippen LogP contribution in [0.1, 0.15) is 5.56 Å². The van der Waals surface area contributed by atoms with Crippen LogP contribution in [0.25, 0.3) is 0 Å². The average Bonchev–Trinajstić information content (AvgIpc) is 2.29. The van der Waals surface area contributed by atoms with Crippen LogP contribution in [0.4, 0.5) is 5.69 Å². The third-order valence-electron chi connectivity index (χ3n) is 1.74. The normalized spacial score (nSPS) is 10.6. The molecule has 0 spiro atoms. The molecule has 3 N–H and O–H groups in total. The van der Waals surface area contributed by atoms with E-state index in [1.54, 1.807) is 24.3 Å². The summed E-state index contributed by atoms with van der Waals surface area (Å²) in [7, 11) is 0. The number of thioether (sulfide) groups is 1. The van der Waals surface area contributed by atoms with Gasteiger partial charge in [-0.05, 0) is 30.5 Å². The van der Waals surface area contributed by atoms with E-state index in [9.17, 15) is 0 Å². The molecule has 0 saturated heterocycles. The van der Waals surface area contributed by atoms with Gasteiger partial charge in [0.1, 0.15) is 4.99 Å². The smallest absolute Gasteiger partial charge is 0.183 e. The van der Waals surface area contributed by atoms with Crippen LogP contribution in [-0.4, -0.2) is 16.4 Å². The molecule has 0 aliphatic carbocycles. The number of aliphatic imine (C=N–C) groups is 1. The van der Waals surface area contributed by atoms with E-state index in [1.807, 2.05) is 12.4 Å². The van der Waals surface area contributed by atoms with Crippen molar-refractivity contribution < 1.29 is 0 Å². The van der Waals surface area contributed by atoms with Gasteiger partial charge in [-0.3, -0.25) is 5.32 Å². The fraction of sp³-hybridized carbons (Fsp3) is 0.100. The first-order chi connectivity index (χ1) is 7.67. The second-order valence-corrected chi connectivity index (χ2v) is 4.00. The molecule has 4 nitrogen and oxygen atoms in total. The van der Waals surface area contributed by atoms with Crippen molar-refractivity contribution >= 4 is 39.8 Å². The molecule has 0 amide bonds. The average molecular weight is 250 g/mol. The standard InChI is InChI=1S/C10H10N4S2/c1-16-10(13-6-11)14-8-4-2-7(3-5-8)9(12)15/h2-5H,1H3,(H2,12,15)(H,13,14). The molecule has 0 fully saturated rings. The van der Waals surface area contributed by atoms with Crippen LogP contribution in [-0.2, 0) is 0 Å². The maximum atomic E-state index is 8.47. The van der Waals surface area contributed by atoms with Gasteiger partial charge in [0.2, 0.25) is 0 Å². The van der Waals surface area contributed by atoms with Gasteiger partial charge in [0.05, 0.1) is 5.69 Å². The second-order valence-electron chi connectivity index (χ2n) is 2.77. The molecule has 1 aromatic rings. The lowest BCUT2D eigenvalue weighted by Crippen LogP contribution is -2.12. The van der Waals surface area contributed by atoms with Gasteiger partial charge in [0.15, 0.2) is 11.4 Å². The summed E-state index contributed by atoms with van der Waals surface area (Å²) >= 11 is 6.21. The van der Waals surface area contributed by atoms with Crippen molar-refractivity contribution in [3.05, 3.63) is 29.8 Å². The Morgan fingerprint density at radius 2 is 2.12 bits per heavy atom. The monoisotopic (exact) mass is 250 g/mol. The molecule has 16 heavy (non-hydrogen) atoms. The number of hydrogen-bond donors (Lipinski definition) is 2.